The van der Waals surface area contributed by atoms with Crippen molar-refractivity contribution in [3.8, 4) is 0 Å². The fourth-order valence-corrected chi connectivity index (χ4v) is 2.80. The van der Waals surface area contributed by atoms with Gasteiger partial charge in [0.1, 0.15) is 0 Å². The first-order valence-electron chi connectivity index (χ1n) is 7.72. The summed E-state index contributed by atoms with van der Waals surface area (Å²) >= 11 is 0. The van der Waals surface area contributed by atoms with Gasteiger partial charge in [-0.3, -0.25) is 0 Å². The smallest absolute Gasteiger partial charge is 0.0741 e. The van der Waals surface area contributed by atoms with Gasteiger partial charge >= 0.3 is 0 Å². The lowest BCUT2D eigenvalue weighted by molar-refractivity contribution is 0.0564. The first kappa shape index (κ1) is 15.9. The van der Waals surface area contributed by atoms with Gasteiger partial charge in [0.05, 0.1) is 5.60 Å². The molecule has 0 saturated carbocycles. The van der Waals surface area contributed by atoms with Crippen LogP contribution in [0.2, 0.25) is 0 Å². The zero-order valence-electron chi connectivity index (χ0n) is 12.3. The Morgan fingerprint density at radius 2 is 2.06 bits per heavy atom. The summed E-state index contributed by atoms with van der Waals surface area (Å²) in [6.45, 7) is 8.25. The molecule has 0 aliphatic carbocycles. The quantitative estimate of drug-likeness (QED) is 0.688. The van der Waals surface area contributed by atoms with Crippen molar-refractivity contribution in [2.24, 2.45) is 11.7 Å². The van der Waals surface area contributed by atoms with Crippen molar-refractivity contribution in [2.45, 2.75) is 64.4 Å². The minimum Gasteiger partial charge on any atom is -0.389 e. The van der Waals surface area contributed by atoms with Gasteiger partial charge in [-0.1, -0.05) is 13.3 Å². The maximum absolute atomic E-state index is 9.83. The predicted octanol–water partition coefficient (Wildman–Crippen LogP) is 2.38. The van der Waals surface area contributed by atoms with E-state index in [1.54, 1.807) is 0 Å². The van der Waals surface area contributed by atoms with Gasteiger partial charge < -0.3 is 15.7 Å². The fourth-order valence-electron chi connectivity index (χ4n) is 2.80. The van der Waals surface area contributed by atoms with Crippen LogP contribution < -0.4 is 5.73 Å². The van der Waals surface area contributed by atoms with Crippen molar-refractivity contribution >= 4 is 0 Å². The third-order valence-corrected chi connectivity index (χ3v) is 4.40. The van der Waals surface area contributed by atoms with Crippen molar-refractivity contribution in [3.63, 3.8) is 0 Å². The van der Waals surface area contributed by atoms with Crippen molar-refractivity contribution < 1.29 is 5.11 Å². The number of unbranched alkanes of at least 4 members (excludes halogenated alkanes) is 1. The molecule has 0 aromatic carbocycles. The molecule has 2 unspecified atom stereocenters. The van der Waals surface area contributed by atoms with E-state index in [9.17, 15) is 5.11 Å². The van der Waals surface area contributed by atoms with Gasteiger partial charge in [0.15, 0.2) is 0 Å². The van der Waals surface area contributed by atoms with Crippen LogP contribution in [0.1, 0.15) is 58.8 Å². The largest absolute Gasteiger partial charge is 0.389 e. The van der Waals surface area contributed by atoms with Crippen molar-refractivity contribution in [1.82, 2.24) is 4.90 Å². The van der Waals surface area contributed by atoms with Crippen LogP contribution in [0, 0.1) is 5.92 Å². The number of hydrogen-bond acceptors (Lipinski definition) is 3. The topological polar surface area (TPSA) is 49.5 Å². The number of likely N-dealkylation sites (tertiary alicyclic amines) is 1. The molecule has 2 atom stereocenters. The molecule has 3 nitrogen and oxygen atoms in total. The maximum atomic E-state index is 9.83. The Kier molecular flexibility index (Phi) is 7.20. The van der Waals surface area contributed by atoms with Crippen LogP contribution in [0.25, 0.3) is 0 Å². The van der Waals surface area contributed by atoms with Gasteiger partial charge in [-0.15, -0.1) is 0 Å². The summed E-state index contributed by atoms with van der Waals surface area (Å²) in [6, 6.07) is 0. The van der Waals surface area contributed by atoms with Crippen LogP contribution in [0.4, 0.5) is 0 Å². The van der Waals surface area contributed by atoms with E-state index in [1.807, 2.05) is 6.92 Å². The lowest BCUT2D eigenvalue weighted by Crippen LogP contribution is -2.34. The third kappa shape index (κ3) is 6.17. The molecule has 3 N–H and O–H groups in total. The number of nitrogens with two attached hydrogens (primary N) is 1. The summed E-state index contributed by atoms with van der Waals surface area (Å²) in [5.74, 6) is 0.952. The molecule has 0 aromatic rings. The van der Waals surface area contributed by atoms with Crippen molar-refractivity contribution in [3.05, 3.63) is 0 Å². The lowest BCUT2D eigenvalue weighted by Gasteiger charge is -2.23. The van der Waals surface area contributed by atoms with E-state index in [1.165, 1.54) is 51.7 Å². The minimum atomic E-state index is -0.661. The molecule has 0 bridgehead atoms. The Labute approximate surface area is 113 Å². The second kappa shape index (κ2) is 8.13. The Balaban J connectivity index is 2.12. The fraction of sp³-hybridized carbons (Fsp3) is 1.00. The molecule has 0 spiro atoms. The zero-order chi connectivity index (χ0) is 13.4. The van der Waals surface area contributed by atoms with E-state index in [-0.39, 0.29) is 0 Å². The van der Waals surface area contributed by atoms with E-state index in [0.29, 0.717) is 6.54 Å². The van der Waals surface area contributed by atoms with Gasteiger partial charge in [0, 0.05) is 6.54 Å². The van der Waals surface area contributed by atoms with Crippen LogP contribution in [0.3, 0.4) is 0 Å². The molecule has 1 aliphatic rings. The Hall–Kier alpha value is -0.120. The summed E-state index contributed by atoms with van der Waals surface area (Å²) in [6.07, 6.45) is 8.58. The van der Waals surface area contributed by atoms with Crippen LogP contribution in [-0.4, -0.2) is 41.8 Å². The van der Waals surface area contributed by atoms with E-state index in [0.717, 1.165) is 18.8 Å². The number of hydrogen-bond donors (Lipinski definition) is 2. The van der Waals surface area contributed by atoms with E-state index >= 15 is 0 Å². The van der Waals surface area contributed by atoms with Crippen LogP contribution in [0.15, 0.2) is 0 Å². The van der Waals surface area contributed by atoms with Crippen LogP contribution in [0.5, 0.6) is 0 Å². The van der Waals surface area contributed by atoms with Crippen LogP contribution >= 0.6 is 0 Å². The molecule has 1 fully saturated rings. The molecule has 0 amide bonds. The molecule has 3 heteroatoms. The maximum Gasteiger partial charge on any atom is 0.0741 e. The molecule has 18 heavy (non-hydrogen) atoms. The number of aliphatic hydroxyl groups is 1. The van der Waals surface area contributed by atoms with Gasteiger partial charge in [-0.2, -0.15) is 0 Å². The predicted molar refractivity (Wildman–Crippen MR) is 77.6 cm³/mol. The third-order valence-electron chi connectivity index (χ3n) is 4.40. The second-order valence-electron chi connectivity index (χ2n) is 6.20. The first-order valence-corrected chi connectivity index (χ1v) is 7.72. The summed E-state index contributed by atoms with van der Waals surface area (Å²) in [4.78, 5) is 2.60. The SMILES string of the molecule is CCC1CCCN(CCCCC(C)(O)CN)CC1. The average molecular weight is 256 g/mol. The molecule has 108 valence electrons. The molecule has 1 aliphatic heterocycles. The number of rotatable bonds is 7. The van der Waals surface area contributed by atoms with Gasteiger partial charge in [-0.05, 0) is 71.0 Å². The molecular weight excluding hydrogens is 224 g/mol. The zero-order valence-corrected chi connectivity index (χ0v) is 12.3. The molecule has 1 rings (SSSR count). The molecule has 0 aromatic heterocycles. The molecular formula is C15H32N2O. The molecule has 1 heterocycles. The minimum absolute atomic E-state index is 0.370. The molecule has 1 saturated heterocycles. The van der Waals surface area contributed by atoms with Gasteiger partial charge in [0.2, 0.25) is 0 Å². The highest BCUT2D eigenvalue weighted by atomic mass is 16.3. The Morgan fingerprint density at radius 3 is 2.72 bits per heavy atom. The average Bonchev–Trinajstić information content (AvgIpc) is 2.60. The highest BCUT2D eigenvalue weighted by Crippen LogP contribution is 2.20. The van der Waals surface area contributed by atoms with E-state index < -0.39 is 5.60 Å². The van der Waals surface area contributed by atoms with Gasteiger partial charge in [0.25, 0.3) is 0 Å². The van der Waals surface area contributed by atoms with E-state index in [4.69, 9.17) is 5.73 Å². The Bertz CT molecular complexity index is 219. The number of nitrogens with zero attached hydrogens (tertiary/aromatic N) is 1. The van der Waals surface area contributed by atoms with E-state index in [2.05, 4.69) is 11.8 Å². The summed E-state index contributed by atoms with van der Waals surface area (Å²) in [5, 5.41) is 9.83. The standard InChI is InChI=1S/C15H32N2O/c1-3-14-7-6-11-17(12-8-14)10-5-4-9-15(2,18)13-16/h14,18H,3-13,16H2,1-2H3. The Morgan fingerprint density at radius 1 is 1.28 bits per heavy atom. The normalized spacial score (nSPS) is 25.7. The highest BCUT2D eigenvalue weighted by Gasteiger charge is 2.18. The monoisotopic (exact) mass is 256 g/mol. The van der Waals surface area contributed by atoms with Crippen molar-refractivity contribution in [1.29, 1.82) is 0 Å². The second-order valence-corrected chi connectivity index (χ2v) is 6.20. The summed E-state index contributed by atoms with van der Waals surface area (Å²) < 4.78 is 0. The van der Waals surface area contributed by atoms with Gasteiger partial charge in [-0.25, -0.2) is 0 Å². The highest BCUT2D eigenvalue weighted by molar-refractivity contribution is 4.74. The summed E-state index contributed by atoms with van der Waals surface area (Å²) in [7, 11) is 0. The molecule has 0 radical (unpaired) electrons. The first-order chi connectivity index (χ1) is 8.57. The lowest BCUT2D eigenvalue weighted by atomic mass is 9.98. The van der Waals surface area contributed by atoms with Crippen molar-refractivity contribution in [2.75, 3.05) is 26.2 Å². The van der Waals surface area contributed by atoms with Crippen LogP contribution in [-0.2, 0) is 0 Å². The summed E-state index contributed by atoms with van der Waals surface area (Å²) in [5.41, 5.74) is 4.86.